The van der Waals surface area contributed by atoms with Crippen molar-refractivity contribution in [1.82, 2.24) is 15.2 Å². The Bertz CT molecular complexity index is 1070. The summed E-state index contributed by atoms with van der Waals surface area (Å²) < 4.78 is 6.79. The molecule has 144 valence electrons. The Kier molecular flexibility index (Phi) is 5.11. The highest BCUT2D eigenvalue weighted by atomic mass is 79.9. The standard InChI is InChI=1S/C18H14Br2N4O3S/c1-7-10(14(25)12(20)15(26)11(7)19)16-21-9-6-4-3-5-8(9)13-17(27-16)22-18(28-2)24-23-13/h3-6,16,21,25-26H,1-2H3. The summed E-state index contributed by atoms with van der Waals surface area (Å²) in [5.41, 5.74) is 3.16. The van der Waals surface area contributed by atoms with Gasteiger partial charge in [-0.2, -0.15) is 4.98 Å². The van der Waals surface area contributed by atoms with E-state index in [1.165, 1.54) is 11.8 Å². The van der Waals surface area contributed by atoms with E-state index in [-0.39, 0.29) is 16.0 Å². The molecule has 1 unspecified atom stereocenters. The highest BCUT2D eigenvalue weighted by molar-refractivity contribution is 9.11. The molecule has 0 saturated carbocycles. The highest BCUT2D eigenvalue weighted by Crippen LogP contribution is 2.48. The molecule has 2 aromatic carbocycles. The summed E-state index contributed by atoms with van der Waals surface area (Å²) in [7, 11) is 0. The van der Waals surface area contributed by atoms with E-state index in [0.29, 0.717) is 32.3 Å². The van der Waals surface area contributed by atoms with Crippen LogP contribution in [0.4, 0.5) is 5.69 Å². The van der Waals surface area contributed by atoms with Crippen molar-refractivity contribution >= 4 is 49.3 Å². The van der Waals surface area contributed by atoms with Crippen LogP contribution in [-0.2, 0) is 0 Å². The van der Waals surface area contributed by atoms with E-state index in [0.717, 1.165) is 11.3 Å². The summed E-state index contributed by atoms with van der Waals surface area (Å²) in [6, 6.07) is 7.57. The molecule has 0 aliphatic carbocycles. The summed E-state index contributed by atoms with van der Waals surface area (Å²) in [5.74, 6) is 0.103. The zero-order valence-electron chi connectivity index (χ0n) is 14.7. The zero-order chi connectivity index (χ0) is 20.0. The summed E-state index contributed by atoms with van der Waals surface area (Å²) in [6.07, 6.45) is 1.08. The van der Waals surface area contributed by atoms with Crippen molar-refractivity contribution < 1.29 is 14.9 Å². The molecule has 1 aromatic heterocycles. The van der Waals surface area contributed by atoms with Crippen LogP contribution >= 0.6 is 43.6 Å². The maximum atomic E-state index is 10.7. The van der Waals surface area contributed by atoms with Gasteiger partial charge in [0.25, 0.3) is 0 Å². The van der Waals surface area contributed by atoms with Gasteiger partial charge in [-0.05, 0) is 56.7 Å². The van der Waals surface area contributed by atoms with E-state index >= 15 is 0 Å². The number of para-hydroxylation sites is 1. The van der Waals surface area contributed by atoms with E-state index in [4.69, 9.17) is 4.74 Å². The lowest BCUT2D eigenvalue weighted by Crippen LogP contribution is -2.19. The predicted octanol–water partition coefficient (Wildman–Crippen LogP) is 5.01. The third-order valence-corrected chi connectivity index (χ3v) is 6.65. The largest absolute Gasteiger partial charge is 0.506 e. The van der Waals surface area contributed by atoms with Gasteiger partial charge in [0.15, 0.2) is 5.69 Å². The molecule has 28 heavy (non-hydrogen) atoms. The van der Waals surface area contributed by atoms with Gasteiger partial charge in [-0.3, -0.25) is 0 Å². The van der Waals surface area contributed by atoms with Gasteiger partial charge < -0.3 is 20.3 Å². The smallest absolute Gasteiger partial charge is 0.247 e. The molecule has 1 aliphatic heterocycles. The Labute approximate surface area is 181 Å². The number of phenols is 2. The van der Waals surface area contributed by atoms with Crippen LogP contribution in [0.25, 0.3) is 11.3 Å². The SMILES string of the molecule is CSc1nnc2c(n1)OC(c1c(C)c(Br)c(O)c(Br)c1O)Nc1ccccc1-2. The number of aromatic nitrogens is 3. The quantitative estimate of drug-likeness (QED) is 0.401. The van der Waals surface area contributed by atoms with E-state index < -0.39 is 6.23 Å². The third-order valence-electron chi connectivity index (χ3n) is 4.39. The summed E-state index contributed by atoms with van der Waals surface area (Å²) in [6.45, 7) is 1.78. The molecule has 0 saturated heterocycles. The molecule has 1 atom stereocenters. The second-order valence-electron chi connectivity index (χ2n) is 6.00. The maximum Gasteiger partial charge on any atom is 0.247 e. The molecule has 3 aromatic rings. The normalized spacial score (nSPS) is 15.1. The Hall–Kier alpha value is -2.04. The van der Waals surface area contributed by atoms with Crippen molar-refractivity contribution in [2.24, 2.45) is 0 Å². The lowest BCUT2D eigenvalue weighted by atomic mass is 10.0. The maximum absolute atomic E-state index is 10.7. The van der Waals surface area contributed by atoms with Gasteiger partial charge >= 0.3 is 0 Å². The minimum atomic E-state index is -0.776. The Morgan fingerprint density at radius 3 is 2.61 bits per heavy atom. The topological polar surface area (TPSA) is 100 Å². The number of hydrogen-bond acceptors (Lipinski definition) is 8. The number of hydrogen-bond donors (Lipinski definition) is 3. The van der Waals surface area contributed by atoms with Gasteiger partial charge in [0.05, 0.1) is 10.0 Å². The number of nitrogens with zero attached hydrogens (tertiary/aromatic N) is 3. The molecule has 10 heteroatoms. The van der Waals surface area contributed by atoms with Crippen LogP contribution in [0.2, 0.25) is 0 Å². The average molecular weight is 526 g/mol. The molecule has 0 bridgehead atoms. The molecule has 3 N–H and O–H groups in total. The number of benzene rings is 2. The van der Waals surface area contributed by atoms with E-state index in [9.17, 15) is 10.2 Å². The van der Waals surface area contributed by atoms with Crippen LogP contribution in [0.15, 0.2) is 38.4 Å². The molecule has 0 spiro atoms. The number of phenolic OH excluding ortho intramolecular Hbond substituents is 2. The van der Waals surface area contributed by atoms with Crippen molar-refractivity contribution in [3.05, 3.63) is 44.3 Å². The number of halogens is 2. The fourth-order valence-corrected chi connectivity index (χ4v) is 4.37. The minimum absolute atomic E-state index is 0.0816. The molecular weight excluding hydrogens is 512 g/mol. The van der Waals surface area contributed by atoms with Gasteiger partial charge in [0.1, 0.15) is 16.0 Å². The summed E-state index contributed by atoms with van der Waals surface area (Å²) in [5, 5.41) is 33.1. The summed E-state index contributed by atoms with van der Waals surface area (Å²) in [4.78, 5) is 4.46. The monoisotopic (exact) mass is 524 g/mol. The fourth-order valence-electron chi connectivity index (χ4n) is 2.99. The minimum Gasteiger partial charge on any atom is -0.506 e. The van der Waals surface area contributed by atoms with Gasteiger partial charge in [-0.1, -0.05) is 30.0 Å². The second kappa shape index (κ2) is 7.41. The van der Waals surface area contributed by atoms with E-state index in [1.54, 1.807) is 6.92 Å². The molecular formula is C18H14Br2N4O3S. The van der Waals surface area contributed by atoms with Gasteiger partial charge in [0.2, 0.25) is 17.3 Å². The third kappa shape index (κ3) is 3.09. The van der Waals surface area contributed by atoms with Crippen LogP contribution < -0.4 is 10.1 Å². The molecule has 2 heterocycles. The first kappa shape index (κ1) is 19.3. The van der Waals surface area contributed by atoms with Crippen LogP contribution in [-0.4, -0.2) is 31.7 Å². The number of ether oxygens (including phenoxy) is 1. The summed E-state index contributed by atoms with van der Waals surface area (Å²) >= 11 is 7.96. The van der Waals surface area contributed by atoms with E-state index in [2.05, 4.69) is 52.4 Å². The first-order valence-corrected chi connectivity index (χ1v) is 10.9. The molecule has 0 amide bonds. The number of aromatic hydroxyl groups is 2. The van der Waals surface area contributed by atoms with Crippen LogP contribution in [0.1, 0.15) is 17.4 Å². The molecule has 7 nitrogen and oxygen atoms in total. The first-order chi connectivity index (χ1) is 13.4. The highest BCUT2D eigenvalue weighted by Gasteiger charge is 2.31. The molecule has 1 aliphatic rings. The van der Waals surface area contributed by atoms with Gasteiger partial charge in [0, 0.05) is 11.3 Å². The second-order valence-corrected chi connectivity index (χ2v) is 8.36. The van der Waals surface area contributed by atoms with Gasteiger partial charge in [-0.25, -0.2) is 0 Å². The predicted molar refractivity (Wildman–Crippen MR) is 114 cm³/mol. The van der Waals surface area contributed by atoms with Crippen molar-refractivity contribution in [2.75, 3.05) is 11.6 Å². The average Bonchev–Trinajstić information content (AvgIpc) is 2.87. The Morgan fingerprint density at radius 1 is 1.11 bits per heavy atom. The van der Waals surface area contributed by atoms with Crippen LogP contribution in [0.3, 0.4) is 0 Å². The fraction of sp³-hybridized carbons (Fsp3) is 0.167. The lowest BCUT2D eigenvalue weighted by molar-refractivity contribution is 0.219. The van der Waals surface area contributed by atoms with Gasteiger partial charge in [-0.15, -0.1) is 10.2 Å². The van der Waals surface area contributed by atoms with Crippen molar-refractivity contribution in [2.45, 2.75) is 18.3 Å². The van der Waals surface area contributed by atoms with Crippen LogP contribution in [0, 0.1) is 6.92 Å². The van der Waals surface area contributed by atoms with Crippen molar-refractivity contribution in [1.29, 1.82) is 0 Å². The Morgan fingerprint density at radius 2 is 1.86 bits per heavy atom. The first-order valence-electron chi connectivity index (χ1n) is 8.13. The number of nitrogens with one attached hydrogen (secondary N) is 1. The van der Waals surface area contributed by atoms with E-state index in [1.807, 2.05) is 30.5 Å². The molecule has 4 rings (SSSR count). The lowest BCUT2D eigenvalue weighted by Gasteiger charge is -2.23. The van der Waals surface area contributed by atoms with Crippen LogP contribution in [0.5, 0.6) is 17.4 Å². The Balaban J connectivity index is 1.94. The number of thioether (sulfide) groups is 1. The number of fused-ring (bicyclic) bond motifs is 3. The molecule has 0 radical (unpaired) electrons. The number of anilines is 1. The molecule has 0 fully saturated rings. The number of rotatable bonds is 2. The zero-order valence-corrected chi connectivity index (χ0v) is 18.7. The van der Waals surface area contributed by atoms with Crippen molar-refractivity contribution in [3.63, 3.8) is 0 Å². The van der Waals surface area contributed by atoms with Crippen molar-refractivity contribution in [3.8, 4) is 28.6 Å².